The third-order valence-corrected chi connectivity index (χ3v) is 8.19. The highest BCUT2D eigenvalue weighted by Crippen LogP contribution is 2.51. The van der Waals surface area contributed by atoms with Crippen LogP contribution in [0.15, 0.2) is 97.1 Å². The van der Waals surface area contributed by atoms with E-state index in [0.29, 0.717) is 12.2 Å². The van der Waals surface area contributed by atoms with Gasteiger partial charge in [0, 0.05) is 12.5 Å². The first-order valence-corrected chi connectivity index (χ1v) is 17.1. The first kappa shape index (κ1) is 34.3. The van der Waals surface area contributed by atoms with E-state index in [1.54, 1.807) is 18.2 Å². The zero-order valence-corrected chi connectivity index (χ0v) is 26.4. The van der Waals surface area contributed by atoms with Gasteiger partial charge in [0.15, 0.2) is 0 Å². The Kier molecular flexibility index (Phi) is 16.5. The van der Waals surface area contributed by atoms with E-state index in [1.165, 1.54) is 51.0 Å². The predicted octanol–water partition coefficient (Wildman–Crippen LogP) is 10.8. The molecular formula is C36H47O6P. The Balaban J connectivity index is 1.41. The number of hydrogen-bond donors (Lipinski definition) is 0. The lowest BCUT2D eigenvalue weighted by Crippen LogP contribution is -2.08. The molecular weight excluding hydrogens is 559 g/mol. The quantitative estimate of drug-likeness (QED) is 0.0372. The predicted molar refractivity (Wildman–Crippen MR) is 173 cm³/mol. The van der Waals surface area contributed by atoms with Gasteiger partial charge in [-0.3, -0.25) is 13.8 Å². The number of ether oxygens (including phenoxy) is 1. The SMILES string of the molecule is CCCCCC/C=C\CCCCCCCC(=O)Oc1cccc(OP(=O)(OCc2ccccc2)OCc2ccccc2)c1. The first-order valence-electron chi connectivity index (χ1n) is 15.7. The highest BCUT2D eigenvalue weighted by Gasteiger charge is 2.29. The lowest BCUT2D eigenvalue weighted by atomic mass is 10.1. The summed E-state index contributed by atoms with van der Waals surface area (Å²) >= 11 is 0. The molecule has 43 heavy (non-hydrogen) atoms. The number of esters is 1. The number of allylic oxidation sites excluding steroid dienone is 2. The van der Waals surface area contributed by atoms with Crippen molar-refractivity contribution in [2.24, 2.45) is 0 Å². The Bertz CT molecular complexity index is 1200. The smallest absolute Gasteiger partial charge is 0.426 e. The molecule has 0 N–H and O–H groups in total. The molecule has 0 unspecified atom stereocenters. The molecule has 0 saturated carbocycles. The summed E-state index contributed by atoms with van der Waals surface area (Å²) in [5.74, 6) is 0.249. The number of phosphoric acid groups is 1. The molecule has 0 aliphatic carbocycles. The monoisotopic (exact) mass is 606 g/mol. The molecule has 0 spiro atoms. The summed E-state index contributed by atoms with van der Waals surface area (Å²) in [4.78, 5) is 12.5. The largest absolute Gasteiger partial charge is 0.530 e. The highest BCUT2D eigenvalue weighted by atomic mass is 31.2. The van der Waals surface area contributed by atoms with Crippen LogP contribution < -0.4 is 9.26 Å². The average Bonchev–Trinajstić information content (AvgIpc) is 3.02. The number of carbonyl (C=O) groups excluding carboxylic acids is 1. The lowest BCUT2D eigenvalue weighted by molar-refractivity contribution is -0.134. The summed E-state index contributed by atoms with van der Waals surface area (Å²) in [6.07, 6.45) is 17.8. The second-order valence-corrected chi connectivity index (χ2v) is 12.2. The van der Waals surface area contributed by atoms with Crippen molar-refractivity contribution in [3.63, 3.8) is 0 Å². The fourth-order valence-corrected chi connectivity index (χ4v) is 5.60. The van der Waals surface area contributed by atoms with Gasteiger partial charge in [-0.15, -0.1) is 0 Å². The molecule has 3 rings (SSSR count). The van der Waals surface area contributed by atoms with Crippen LogP contribution in [0, 0.1) is 0 Å². The summed E-state index contributed by atoms with van der Waals surface area (Å²) in [5.41, 5.74) is 1.67. The Morgan fingerprint density at radius 3 is 1.79 bits per heavy atom. The van der Waals surface area contributed by atoms with E-state index < -0.39 is 7.82 Å². The maximum absolute atomic E-state index is 13.6. The fraction of sp³-hybridized carbons (Fsp3) is 0.417. The Labute approximate surface area is 258 Å². The van der Waals surface area contributed by atoms with Crippen molar-refractivity contribution < 1.29 is 27.7 Å². The molecule has 0 aliphatic heterocycles. The molecule has 6 nitrogen and oxygen atoms in total. The molecule has 0 radical (unpaired) electrons. The molecule has 0 saturated heterocycles. The minimum atomic E-state index is -4.01. The number of benzene rings is 3. The number of phosphoric ester groups is 1. The molecule has 0 aromatic heterocycles. The number of unbranched alkanes of at least 4 members (excludes halogenated alkanes) is 9. The fourth-order valence-electron chi connectivity index (χ4n) is 4.44. The summed E-state index contributed by atoms with van der Waals surface area (Å²) in [6.45, 7) is 2.35. The summed E-state index contributed by atoms with van der Waals surface area (Å²) in [7, 11) is -4.01. The van der Waals surface area contributed by atoms with Crippen molar-refractivity contribution >= 4 is 13.8 Å². The van der Waals surface area contributed by atoms with Gasteiger partial charge >= 0.3 is 13.8 Å². The standard InChI is InChI=1S/C36H47O6P/c1-2-3-4-5-6-7-8-9-10-11-12-13-20-28-36(37)41-34-26-21-27-35(29-34)42-43(38,39-30-32-22-16-14-17-23-32)40-31-33-24-18-15-19-25-33/h7-8,14-19,21-27,29H,2-6,9-13,20,28,30-31H2,1H3/b8-7-. The molecule has 3 aromatic rings. The van der Waals surface area contributed by atoms with Gasteiger partial charge in [-0.1, -0.05) is 124 Å². The molecule has 0 fully saturated rings. The van der Waals surface area contributed by atoms with Crippen LogP contribution in [0.2, 0.25) is 0 Å². The minimum Gasteiger partial charge on any atom is -0.426 e. The van der Waals surface area contributed by atoms with Crippen molar-refractivity contribution in [1.82, 2.24) is 0 Å². The second-order valence-electron chi connectivity index (χ2n) is 10.6. The van der Waals surface area contributed by atoms with Crippen LogP contribution in [0.1, 0.15) is 95.1 Å². The van der Waals surface area contributed by atoms with Crippen LogP contribution in [-0.4, -0.2) is 5.97 Å². The van der Waals surface area contributed by atoms with Gasteiger partial charge in [0.2, 0.25) is 0 Å². The molecule has 7 heteroatoms. The highest BCUT2D eigenvalue weighted by molar-refractivity contribution is 7.48. The molecule has 0 aliphatic rings. The molecule has 232 valence electrons. The van der Waals surface area contributed by atoms with Gasteiger partial charge in [0.05, 0.1) is 13.2 Å². The van der Waals surface area contributed by atoms with E-state index in [4.69, 9.17) is 18.3 Å². The number of carbonyl (C=O) groups is 1. The molecule has 0 heterocycles. The third-order valence-electron chi connectivity index (χ3n) is 6.86. The molecule has 3 aromatic carbocycles. The maximum atomic E-state index is 13.6. The lowest BCUT2D eigenvalue weighted by Gasteiger charge is -2.19. The minimum absolute atomic E-state index is 0.0530. The van der Waals surface area contributed by atoms with Crippen molar-refractivity contribution in [2.75, 3.05) is 0 Å². The Morgan fingerprint density at radius 1 is 0.651 bits per heavy atom. The van der Waals surface area contributed by atoms with Gasteiger partial charge in [0.1, 0.15) is 11.5 Å². The van der Waals surface area contributed by atoms with E-state index in [9.17, 15) is 9.36 Å². The summed E-state index contributed by atoms with van der Waals surface area (Å²) < 4.78 is 36.3. The number of rotatable bonds is 22. The zero-order valence-electron chi connectivity index (χ0n) is 25.5. The van der Waals surface area contributed by atoms with Crippen LogP contribution in [-0.2, 0) is 31.6 Å². The van der Waals surface area contributed by atoms with Crippen molar-refractivity contribution in [3.8, 4) is 11.5 Å². The van der Waals surface area contributed by atoms with Crippen molar-refractivity contribution in [1.29, 1.82) is 0 Å². The van der Waals surface area contributed by atoms with E-state index in [0.717, 1.165) is 36.8 Å². The van der Waals surface area contributed by atoms with Crippen LogP contribution in [0.3, 0.4) is 0 Å². The van der Waals surface area contributed by atoms with Crippen molar-refractivity contribution in [2.45, 2.75) is 97.2 Å². The van der Waals surface area contributed by atoms with Gasteiger partial charge in [-0.25, -0.2) is 4.57 Å². The normalized spacial score (nSPS) is 11.6. The van der Waals surface area contributed by atoms with Gasteiger partial charge in [-0.2, -0.15) is 0 Å². The second kappa shape index (κ2) is 20.7. The number of hydrogen-bond acceptors (Lipinski definition) is 6. The summed E-state index contributed by atoms with van der Waals surface area (Å²) in [6, 6.07) is 25.3. The van der Waals surface area contributed by atoms with Gasteiger partial charge < -0.3 is 9.26 Å². The van der Waals surface area contributed by atoms with Crippen LogP contribution in [0.5, 0.6) is 11.5 Å². The molecule has 0 atom stereocenters. The van der Waals surface area contributed by atoms with Crippen LogP contribution in [0.25, 0.3) is 0 Å². The van der Waals surface area contributed by atoms with E-state index in [2.05, 4.69) is 19.1 Å². The van der Waals surface area contributed by atoms with E-state index >= 15 is 0 Å². The topological polar surface area (TPSA) is 71.1 Å². The molecule has 0 amide bonds. The van der Waals surface area contributed by atoms with Crippen molar-refractivity contribution in [3.05, 3.63) is 108 Å². The third kappa shape index (κ3) is 15.2. The first-order chi connectivity index (χ1) is 21.1. The van der Waals surface area contributed by atoms with Gasteiger partial charge in [0.25, 0.3) is 0 Å². The van der Waals surface area contributed by atoms with E-state index in [-0.39, 0.29) is 24.9 Å². The summed E-state index contributed by atoms with van der Waals surface area (Å²) in [5, 5.41) is 0. The average molecular weight is 607 g/mol. The van der Waals surface area contributed by atoms with Gasteiger partial charge in [-0.05, 0) is 55.4 Å². The van der Waals surface area contributed by atoms with Crippen LogP contribution in [0.4, 0.5) is 0 Å². The Morgan fingerprint density at radius 2 is 1.19 bits per heavy atom. The zero-order chi connectivity index (χ0) is 30.4. The van der Waals surface area contributed by atoms with E-state index in [1.807, 2.05) is 60.7 Å². The maximum Gasteiger partial charge on any atom is 0.530 e. The molecule has 0 bridgehead atoms. The Hall–Kier alpha value is -3.18. The van der Waals surface area contributed by atoms with Crippen LogP contribution >= 0.6 is 7.82 Å².